The molecule has 2 aromatic heterocycles. The first-order valence-corrected chi connectivity index (χ1v) is 15.0. The first-order valence-electron chi connectivity index (χ1n) is 15.0. The number of nitrogens with zero attached hydrogens (tertiary/aromatic N) is 5. The van der Waals surface area contributed by atoms with E-state index in [9.17, 15) is 4.39 Å². The van der Waals surface area contributed by atoms with E-state index in [1.807, 2.05) is 6.07 Å². The van der Waals surface area contributed by atoms with Gasteiger partial charge in [0.15, 0.2) is 5.82 Å². The molecule has 2 bridgehead atoms. The monoisotopic (exact) mass is 566 g/mol. The van der Waals surface area contributed by atoms with Crippen LogP contribution in [0.25, 0.3) is 32.9 Å². The van der Waals surface area contributed by atoms with Crippen LogP contribution in [0.4, 0.5) is 14.6 Å². The van der Waals surface area contributed by atoms with Gasteiger partial charge >= 0.3 is 6.01 Å². The number of anilines is 1. The number of nitrogens with one attached hydrogen (secondary N) is 1. The van der Waals surface area contributed by atoms with Crippen LogP contribution < -0.4 is 15.0 Å². The van der Waals surface area contributed by atoms with Crippen LogP contribution in [0.5, 0.6) is 6.01 Å². The number of fused-ring (bicyclic) bond motifs is 5. The lowest BCUT2D eigenvalue weighted by Gasteiger charge is -2.34. The lowest BCUT2D eigenvalue weighted by Crippen LogP contribution is -2.51. The van der Waals surface area contributed by atoms with E-state index >= 15 is 4.39 Å². The molecule has 2 aromatic carbocycles. The van der Waals surface area contributed by atoms with Crippen molar-refractivity contribution in [2.75, 3.05) is 37.7 Å². The molecule has 0 amide bonds. The SMILES string of the molecule is C#Cc1c(F)ccc2cccc(-c3ncc4c(N5C[C@H]6CC[C@@H](C5)N6)nc(OCC56CCCN5CCC6)nc4c3F)c12. The Hall–Kier alpha value is -3.87. The highest BCUT2D eigenvalue weighted by Crippen LogP contribution is 2.40. The molecule has 42 heavy (non-hydrogen) atoms. The lowest BCUT2D eigenvalue weighted by atomic mass is 9.95. The molecule has 0 radical (unpaired) electrons. The molecule has 4 aliphatic rings. The van der Waals surface area contributed by atoms with Crippen molar-refractivity contribution in [3.8, 4) is 29.6 Å². The van der Waals surface area contributed by atoms with Crippen LogP contribution in [0, 0.1) is 24.0 Å². The second kappa shape index (κ2) is 9.85. The van der Waals surface area contributed by atoms with Crippen LogP contribution >= 0.6 is 0 Å². The molecule has 2 atom stereocenters. The van der Waals surface area contributed by atoms with Crippen LogP contribution in [0.15, 0.2) is 36.5 Å². The molecule has 6 heterocycles. The molecule has 4 aromatic rings. The molecule has 0 saturated carbocycles. The van der Waals surface area contributed by atoms with Gasteiger partial charge in [0.1, 0.15) is 29.5 Å². The van der Waals surface area contributed by atoms with Crippen molar-refractivity contribution in [3.63, 3.8) is 0 Å². The molecule has 1 N–H and O–H groups in total. The number of benzene rings is 2. The Balaban J connectivity index is 1.27. The van der Waals surface area contributed by atoms with Crippen molar-refractivity contribution in [3.05, 3.63) is 53.7 Å². The number of hydrogen-bond acceptors (Lipinski definition) is 7. The third kappa shape index (κ3) is 4.03. The largest absolute Gasteiger partial charge is 0.461 e. The molecule has 0 aliphatic carbocycles. The molecule has 4 fully saturated rings. The zero-order valence-corrected chi connectivity index (χ0v) is 23.4. The van der Waals surface area contributed by atoms with E-state index in [1.54, 1.807) is 24.4 Å². The van der Waals surface area contributed by atoms with Crippen molar-refractivity contribution in [2.45, 2.75) is 56.1 Å². The highest BCUT2D eigenvalue weighted by Gasteiger charge is 2.45. The number of piperazine rings is 1. The third-order valence-electron chi connectivity index (χ3n) is 9.83. The molecule has 4 saturated heterocycles. The zero-order chi connectivity index (χ0) is 28.4. The number of aromatic nitrogens is 3. The molecule has 0 spiro atoms. The van der Waals surface area contributed by atoms with Gasteiger partial charge < -0.3 is 15.0 Å². The Morgan fingerprint density at radius 3 is 2.60 bits per heavy atom. The Labute approximate surface area is 243 Å². The maximum Gasteiger partial charge on any atom is 0.319 e. The molecule has 8 rings (SSSR count). The zero-order valence-electron chi connectivity index (χ0n) is 23.4. The Morgan fingerprint density at radius 2 is 1.83 bits per heavy atom. The minimum atomic E-state index is -0.597. The van der Waals surface area contributed by atoms with Gasteiger partial charge in [-0.3, -0.25) is 9.88 Å². The summed E-state index contributed by atoms with van der Waals surface area (Å²) in [6, 6.07) is 9.25. The molecule has 214 valence electrons. The Morgan fingerprint density at radius 1 is 1.05 bits per heavy atom. The fourth-order valence-corrected chi connectivity index (χ4v) is 7.84. The predicted octanol–water partition coefficient (Wildman–Crippen LogP) is 5.05. The summed E-state index contributed by atoms with van der Waals surface area (Å²) in [5, 5.41) is 5.36. The summed E-state index contributed by atoms with van der Waals surface area (Å²) >= 11 is 0. The standard InChI is InChI=1S/C33H32F2N6O/c1-2-23-26(34)11-8-20-6-3-7-24(27(20)23)29-28(35)30-25(16-36-29)31(40-17-21-9-10-22(18-40)37-21)39-32(38-30)42-19-33-12-4-14-41(33)15-5-13-33/h1,3,6-8,11,16,21-22,37H,4-5,9-10,12-15,17-19H2/t21-,22+. The minimum absolute atomic E-state index is 0.00718. The summed E-state index contributed by atoms with van der Waals surface area (Å²) in [5.41, 5.74) is 0.739. The maximum absolute atomic E-state index is 16.7. The van der Waals surface area contributed by atoms with Crippen molar-refractivity contribution < 1.29 is 13.5 Å². The van der Waals surface area contributed by atoms with Crippen molar-refractivity contribution in [1.82, 2.24) is 25.2 Å². The quantitative estimate of drug-likeness (QED) is 0.339. The number of terminal acetylenes is 1. The number of hydrogen-bond donors (Lipinski definition) is 1. The second-order valence-electron chi connectivity index (χ2n) is 12.2. The summed E-state index contributed by atoms with van der Waals surface area (Å²) in [5.74, 6) is 1.97. The highest BCUT2D eigenvalue weighted by atomic mass is 19.1. The van der Waals surface area contributed by atoms with E-state index in [1.165, 1.54) is 6.07 Å². The van der Waals surface area contributed by atoms with Crippen LogP contribution in [-0.2, 0) is 0 Å². The maximum atomic E-state index is 16.7. The summed E-state index contributed by atoms with van der Waals surface area (Å²) in [6.07, 6.45) is 14.1. The topological polar surface area (TPSA) is 66.4 Å². The molecular weight excluding hydrogens is 534 g/mol. The predicted molar refractivity (Wildman–Crippen MR) is 159 cm³/mol. The number of pyridine rings is 1. The van der Waals surface area contributed by atoms with E-state index in [4.69, 9.17) is 16.1 Å². The van der Waals surface area contributed by atoms with Crippen LogP contribution in [0.1, 0.15) is 44.1 Å². The van der Waals surface area contributed by atoms with Gasteiger partial charge in [0.05, 0.1) is 16.5 Å². The van der Waals surface area contributed by atoms with Crippen LogP contribution in [-0.4, -0.2) is 70.3 Å². The molecule has 0 unspecified atom stereocenters. The summed E-state index contributed by atoms with van der Waals surface area (Å²) in [4.78, 5) is 18.9. The number of halogens is 2. The van der Waals surface area contributed by atoms with Crippen LogP contribution in [0.2, 0.25) is 0 Å². The van der Waals surface area contributed by atoms with Gasteiger partial charge in [-0.05, 0) is 63.1 Å². The van der Waals surface area contributed by atoms with Gasteiger partial charge in [-0.1, -0.05) is 30.2 Å². The summed E-state index contributed by atoms with van der Waals surface area (Å²) in [6.45, 7) is 4.21. The lowest BCUT2D eigenvalue weighted by molar-refractivity contribution is 0.108. The van der Waals surface area contributed by atoms with Gasteiger partial charge in [0, 0.05) is 42.3 Å². The Kier molecular flexibility index (Phi) is 6.06. The minimum Gasteiger partial charge on any atom is -0.461 e. The van der Waals surface area contributed by atoms with E-state index in [-0.39, 0.29) is 28.3 Å². The van der Waals surface area contributed by atoms with E-state index < -0.39 is 11.6 Å². The average Bonchev–Trinajstić information content (AvgIpc) is 3.69. The molecular formula is C33H32F2N6O. The smallest absolute Gasteiger partial charge is 0.319 e. The normalized spacial score (nSPS) is 23.0. The highest BCUT2D eigenvalue weighted by molar-refractivity contribution is 6.02. The Bertz CT molecular complexity index is 1750. The van der Waals surface area contributed by atoms with E-state index in [0.29, 0.717) is 46.2 Å². The van der Waals surface area contributed by atoms with Gasteiger partial charge in [-0.2, -0.15) is 9.97 Å². The molecule has 9 heteroatoms. The molecule has 4 aliphatic heterocycles. The van der Waals surface area contributed by atoms with Gasteiger partial charge in [-0.15, -0.1) is 6.42 Å². The van der Waals surface area contributed by atoms with Crippen molar-refractivity contribution >= 4 is 27.5 Å². The molecule has 7 nitrogen and oxygen atoms in total. The number of ether oxygens (including phenoxy) is 1. The average molecular weight is 567 g/mol. The van der Waals surface area contributed by atoms with Gasteiger partial charge in [0.2, 0.25) is 0 Å². The van der Waals surface area contributed by atoms with Crippen molar-refractivity contribution in [2.24, 2.45) is 0 Å². The summed E-state index contributed by atoms with van der Waals surface area (Å²) < 4.78 is 37.8. The summed E-state index contributed by atoms with van der Waals surface area (Å²) in [7, 11) is 0. The fourth-order valence-electron chi connectivity index (χ4n) is 7.84. The van der Waals surface area contributed by atoms with Crippen molar-refractivity contribution in [1.29, 1.82) is 0 Å². The van der Waals surface area contributed by atoms with Crippen LogP contribution in [0.3, 0.4) is 0 Å². The van der Waals surface area contributed by atoms with Gasteiger partial charge in [0.25, 0.3) is 0 Å². The fraction of sp³-hybridized carbons (Fsp3) is 0.424. The third-order valence-corrected chi connectivity index (χ3v) is 9.83. The van der Waals surface area contributed by atoms with E-state index in [0.717, 1.165) is 64.7 Å². The first kappa shape index (κ1) is 25.8. The van der Waals surface area contributed by atoms with E-state index in [2.05, 4.69) is 31.0 Å². The number of rotatable bonds is 5. The second-order valence-corrected chi connectivity index (χ2v) is 12.2. The first-order chi connectivity index (χ1) is 20.5. The van der Waals surface area contributed by atoms with Gasteiger partial charge in [-0.25, -0.2) is 8.78 Å².